The van der Waals surface area contributed by atoms with E-state index >= 15 is 0 Å². The van der Waals surface area contributed by atoms with Crippen LogP contribution in [0.2, 0.25) is 0 Å². The second kappa shape index (κ2) is 8.95. The lowest BCUT2D eigenvalue weighted by atomic mass is 10.1. The number of anilines is 1. The Kier molecular flexibility index (Phi) is 6.66. The molecule has 2 N–H and O–H groups in total. The van der Waals surface area contributed by atoms with Gasteiger partial charge in [0.1, 0.15) is 17.4 Å². The largest absolute Gasteiger partial charge is 0.497 e. The SMILES string of the molecule is COc1ccc(C(C)NC(=O)/C(C#N)=C\Nc2ccc(C(F)(F)F)cc2)cc1. The van der Waals surface area contributed by atoms with Gasteiger partial charge in [-0.05, 0) is 48.9 Å². The minimum Gasteiger partial charge on any atom is -0.497 e. The summed E-state index contributed by atoms with van der Waals surface area (Å²) < 4.78 is 42.8. The molecule has 0 fully saturated rings. The molecule has 146 valence electrons. The monoisotopic (exact) mass is 389 g/mol. The first-order chi connectivity index (χ1) is 13.2. The third kappa shape index (κ3) is 5.51. The highest BCUT2D eigenvalue weighted by molar-refractivity contribution is 5.97. The van der Waals surface area contributed by atoms with Crippen LogP contribution in [0, 0.1) is 11.3 Å². The molecule has 1 atom stereocenters. The lowest BCUT2D eigenvalue weighted by Crippen LogP contribution is -2.28. The molecule has 5 nitrogen and oxygen atoms in total. The zero-order valence-corrected chi connectivity index (χ0v) is 15.2. The fraction of sp³-hybridized carbons (Fsp3) is 0.200. The van der Waals surface area contributed by atoms with Gasteiger partial charge in [-0.3, -0.25) is 4.79 Å². The molecule has 0 aliphatic heterocycles. The summed E-state index contributed by atoms with van der Waals surface area (Å²) in [7, 11) is 1.55. The van der Waals surface area contributed by atoms with Crippen LogP contribution in [0.5, 0.6) is 5.75 Å². The number of carbonyl (C=O) groups is 1. The molecule has 0 spiro atoms. The third-order valence-corrected chi connectivity index (χ3v) is 3.92. The van der Waals surface area contributed by atoms with Gasteiger partial charge in [0, 0.05) is 11.9 Å². The number of hydrogen-bond acceptors (Lipinski definition) is 4. The van der Waals surface area contributed by atoms with Crippen molar-refractivity contribution in [2.45, 2.75) is 19.1 Å². The summed E-state index contributed by atoms with van der Waals surface area (Å²) in [6.45, 7) is 1.76. The van der Waals surface area contributed by atoms with Crippen molar-refractivity contribution in [2.75, 3.05) is 12.4 Å². The van der Waals surface area contributed by atoms with Crippen molar-refractivity contribution in [1.29, 1.82) is 5.26 Å². The highest BCUT2D eigenvalue weighted by atomic mass is 19.4. The first-order valence-corrected chi connectivity index (χ1v) is 8.23. The Labute approximate surface area is 160 Å². The summed E-state index contributed by atoms with van der Waals surface area (Å²) in [4.78, 5) is 12.3. The average Bonchev–Trinajstić information content (AvgIpc) is 2.68. The number of benzene rings is 2. The van der Waals surface area contributed by atoms with Crippen LogP contribution in [0.3, 0.4) is 0 Å². The molecule has 8 heteroatoms. The first-order valence-electron chi connectivity index (χ1n) is 8.23. The van der Waals surface area contributed by atoms with Crippen LogP contribution in [-0.2, 0) is 11.0 Å². The van der Waals surface area contributed by atoms with E-state index in [0.29, 0.717) is 11.4 Å². The van der Waals surface area contributed by atoms with Crippen molar-refractivity contribution in [2.24, 2.45) is 0 Å². The number of nitriles is 1. The number of methoxy groups -OCH3 is 1. The van der Waals surface area contributed by atoms with E-state index in [0.717, 1.165) is 23.9 Å². The maximum atomic E-state index is 12.6. The summed E-state index contributed by atoms with van der Waals surface area (Å²) in [5, 5.41) is 14.5. The van der Waals surface area contributed by atoms with Crippen LogP contribution >= 0.6 is 0 Å². The van der Waals surface area contributed by atoms with Gasteiger partial charge in [-0.1, -0.05) is 12.1 Å². The van der Waals surface area contributed by atoms with E-state index < -0.39 is 17.6 Å². The van der Waals surface area contributed by atoms with Crippen molar-refractivity contribution in [3.05, 3.63) is 71.4 Å². The van der Waals surface area contributed by atoms with Gasteiger partial charge in [-0.2, -0.15) is 18.4 Å². The van der Waals surface area contributed by atoms with Crippen LogP contribution in [0.25, 0.3) is 0 Å². The number of ether oxygens (including phenoxy) is 1. The normalized spacial score (nSPS) is 12.6. The molecule has 1 amide bonds. The van der Waals surface area contributed by atoms with Crippen molar-refractivity contribution in [3.8, 4) is 11.8 Å². The molecule has 0 heterocycles. The van der Waals surface area contributed by atoms with E-state index in [1.165, 1.54) is 12.1 Å². The van der Waals surface area contributed by atoms with Crippen LogP contribution in [0.1, 0.15) is 24.1 Å². The van der Waals surface area contributed by atoms with E-state index in [-0.39, 0.29) is 11.6 Å². The molecule has 28 heavy (non-hydrogen) atoms. The van der Waals surface area contributed by atoms with Crippen molar-refractivity contribution >= 4 is 11.6 Å². The number of carbonyl (C=O) groups excluding carboxylic acids is 1. The summed E-state index contributed by atoms with van der Waals surface area (Å²) in [6.07, 6.45) is -3.28. The smallest absolute Gasteiger partial charge is 0.416 e. The van der Waals surface area contributed by atoms with Gasteiger partial charge in [0.05, 0.1) is 18.7 Å². The molecule has 2 aromatic rings. The number of nitrogens with one attached hydrogen (secondary N) is 2. The molecule has 0 aliphatic rings. The molecule has 0 saturated carbocycles. The minimum atomic E-state index is -4.43. The maximum Gasteiger partial charge on any atom is 0.416 e. The van der Waals surface area contributed by atoms with E-state index in [2.05, 4.69) is 10.6 Å². The molecule has 0 radical (unpaired) electrons. The zero-order valence-electron chi connectivity index (χ0n) is 15.2. The second-order valence-electron chi connectivity index (χ2n) is 5.86. The Morgan fingerprint density at radius 3 is 2.25 bits per heavy atom. The maximum absolute atomic E-state index is 12.6. The van der Waals surface area contributed by atoms with Crippen molar-refractivity contribution in [1.82, 2.24) is 5.32 Å². The van der Waals surface area contributed by atoms with Crippen molar-refractivity contribution < 1.29 is 22.7 Å². The molecule has 0 aromatic heterocycles. The minimum absolute atomic E-state index is 0.208. The Bertz CT molecular complexity index is 883. The average molecular weight is 389 g/mol. The van der Waals surface area contributed by atoms with Crippen LogP contribution in [0.4, 0.5) is 18.9 Å². The molecule has 2 aromatic carbocycles. The fourth-order valence-corrected chi connectivity index (χ4v) is 2.31. The van der Waals surface area contributed by atoms with Gasteiger partial charge in [0.2, 0.25) is 0 Å². The number of halogens is 3. The zero-order chi connectivity index (χ0) is 20.7. The van der Waals surface area contributed by atoms with Gasteiger partial charge in [-0.15, -0.1) is 0 Å². The van der Waals surface area contributed by atoms with Crippen LogP contribution in [0.15, 0.2) is 60.3 Å². The van der Waals surface area contributed by atoms with Gasteiger partial charge in [-0.25, -0.2) is 0 Å². The van der Waals surface area contributed by atoms with Crippen molar-refractivity contribution in [3.63, 3.8) is 0 Å². The quantitative estimate of drug-likeness (QED) is 0.567. The summed E-state index contributed by atoms with van der Waals surface area (Å²) in [6, 6.07) is 12.8. The number of rotatable bonds is 6. The number of alkyl halides is 3. The van der Waals surface area contributed by atoms with Gasteiger partial charge in [0.25, 0.3) is 5.91 Å². The predicted octanol–water partition coefficient (Wildman–Crippen LogP) is 4.41. The summed E-state index contributed by atoms with van der Waals surface area (Å²) in [5.41, 5.74) is 0.146. The molecule has 0 saturated heterocycles. The van der Waals surface area contributed by atoms with Gasteiger partial charge >= 0.3 is 6.18 Å². The van der Waals surface area contributed by atoms with E-state index in [1.54, 1.807) is 44.4 Å². The summed E-state index contributed by atoms with van der Waals surface area (Å²) in [5.74, 6) is 0.0749. The third-order valence-electron chi connectivity index (χ3n) is 3.92. The predicted molar refractivity (Wildman–Crippen MR) is 98.3 cm³/mol. The highest BCUT2D eigenvalue weighted by Crippen LogP contribution is 2.29. The van der Waals surface area contributed by atoms with E-state index in [9.17, 15) is 23.2 Å². The molecular weight excluding hydrogens is 371 g/mol. The second-order valence-corrected chi connectivity index (χ2v) is 5.86. The van der Waals surface area contributed by atoms with E-state index in [1.807, 2.05) is 0 Å². The van der Waals surface area contributed by atoms with Crippen LogP contribution in [-0.4, -0.2) is 13.0 Å². The Morgan fingerprint density at radius 2 is 1.75 bits per heavy atom. The van der Waals surface area contributed by atoms with Gasteiger partial charge in [0.15, 0.2) is 0 Å². The topological polar surface area (TPSA) is 74.1 Å². The first kappa shape index (κ1) is 20.8. The number of hydrogen-bond donors (Lipinski definition) is 2. The molecule has 0 bridgehead atoms. The lowest BCUT2D eigenvalue weighted by Gasteiger charge is -2.14. The molecular formula is C20H18F3N3O2. The highest BCUT2D eigenvalue weighted by Gasteiger charge is 2.29. The Hall–Kier alpha value is -3.47. The van der Waals surface area contributed by atoms with Gasteiger partial charge < -0.3 is 15.4 Å². The number of nitrogens with zero attached hydrogens (tertiary/aromatic N) is 1. The van der Waals surface area contributed by atoms with E-state index in [4.69, 9.17) is 4.74 Å². The standard InChI is InChI=1S/C20H18F3N3O2/c1-13(14-3-9-18(28-2)10-4-14)26-19(27)15(11-24)12-25-17-7-5-16(6-8-17)20(21,22)23/h3-10,12-13,25H,1-2H3,(H,26,27)/b15-12-. The Morgan fingerprint density at radius 1 is 1.14 bits per heavy atom. The summed E-state index contributed by atoms with van der Waals surface area (Å²) >= 11 is 0. The van der Waals surface area contributed by atoms with Crippen LogP contribution < -0.4 is 15.4 Å². The molecule has 2 rings (SSSR count). The Balaban J connectivity index is 2.02. The number of amides is 1. The molecule has 0 aliphatic carbocycles. The fourth-order valence-electron chi connectivity index (χ4n) is 2.31. The molecule has 1 unspecified atom stereocenters. The lowest BCUT2D eigenvalue weighted by molar-refractivity contribution is -0.137.